The molecule has 1 saturated carbocycles. The number of aromatic nitrogens is 1. The van der Waals surface area contributed by atoms with Crippen molar-refractivity contribution in [2.24, 2.45) is 5.92 Å². The third-order valence-corrected chi connectivity index (χ3v) is 11.5. The van der Waals surface area contributed by atoms with E-state index in [1.165, 1.54) is 4.57 Å². The Labute approximate surface area is 307 Å². The highest BCUT2D eigenvalue weighted by Crippen LogP contribution is 2.43. The summed E-state index contributed by atoms with van der Waals surface area (Å²) >= 11 is 7.07. The van der Waals surface area contributed by atoms with E-state index in [-0.39, 0.29) is 45.5 Å². The molecule has 4 aromatic rings. The van der Waals surface area contributed by atoms with Gasteiger partial charge in [-0.2, -0.15) is 13.2 Å². The Morgan fingerprint density at radius 3 is 2.40 bits per heavy atom. The number of benzene rings is 3. The number of fused-ring (bicyclic) bond motifs is 2. The van der Waals surface area contributed by atoms with Crippen LogP contribution in [0.15, 0.2) is 59.4 Å². The summed E-state index contributed by atoms with van der Waals surface area (Å²) in [5.41, 5.74) is 0.224. The number of amides is 5. The van der Waals surface area contributed by atoms with Crippen LogP contribution in [-0.2, 0) is 26.1 Å². The highest BCUT2D eigenvalue weighted by molar-refractivity contribution is 7.16. The number of piperidine rings is 1. The Kier molecular flexibility index (Phi) is 8.23. The second-order valence-electron chi connectivity index (χ2n) is 13.5. The van der Waals surface area contributed by atoms with Gasteiger partial charge in [0.05, 0.1) is 43.5 Å². The number of alkyl halides is 3. The number of hydrogen-bond acceptors (Lipinski definition) is 8. The second-order valence-corrected chi connectivity index (χ2v) is 14.9. The van der Waals surface area contributed by atoms with Crippen molar-refractivity contribution in [1.29, 1.82) is 0 Å². The van der Waals surface area contributed by atoms with Gasteiger partial charge in [0.2, 0.25) is 11.8 Å². The molecule has 1 atom stereocenters. The molecule has 1 aliphatic carbocycles. The largest absolute Gasteiger partial charge is 0.416 e. The van der Waals surface area contributed by atoms with Crippen LogP contribution in [0.5, 0.6) is 0 Å². The molecule has 5 amide bonds. The van der Waals surface area contributed by atoms with Crippen molar-refractivity contribution in [2.75, 3.05) is 23.3 Å². The van der Waals surface area contributed by atoms with E-state index in [1.54, 1.807) is 36.4 Å². The summed E-state index contributed by atoms with van der Waals surface area (Å²) in [7, 11) is 0. The van der Waals surface area contributed by atoms with Crippen LogP contribution in [0.1, 0.15) is 63.9 Å². The topological polar surface area (TPSA) is 138 Å². The van der Waals surface area contributed by atoms with Crippen LogP contribution in [0.4, 0.5) is 24.5 Å². The van der Waals surface area contributed by atoms with E-state index < -0.39 is 52.9 Å². The summed E-state index contributed by atoms with van der Waals surface area (Å²) in [6.45, 7) is 1.13. The van der Waals surface area contributed by atoms with Crippen LogP contribution in [0.3, 0.4) is 0 Å². The van der Waals surface area contributed by atoms with Crippen LogP contribution >= 0.6 is 22.9 Å². The molecule has 53 heavy (non-hydrogen) atoms. The van der Waals surface area contributed by atoms with Crippen molar-refractivity contribution < 1.29 is 37.1 Å². The standard InChI is InChI=1S/C37H27ClF3N5O6S/c38-25-15-21(37(39,40)41)5-8-26(25)42-34(51)36(12-1-13-36)46-27-9-4-19(14-29(27)53-35(46)52)2-3-20-17-44(18-20)22-6-7-23-24(16-22)33(50)45(32(23)49)28-10-11-30(47)43-31(28)48/h4-9,14-16,20,28H,1,10-13,17-18H2,(H,42,51)(H,43,47,48). The molecule has 0 radical (unpaired) electrons. The fourth-order valence-electron chi connectivity index (χ4n) is 7.22. The molecule has 8 rings (SSSR count). The van der Waals surface area contributed by atoms with Gasteiger partial charge in [0, 0.05) is 30.8 Å². The predicted molar refractivity (Wildman–Crippen MR) is 189 cm³/mol. The SMILES string of the molecule is O=C1CCC(N2C(=O)c3ccc(N4CC(C#Cc5ccc6c(c5)sc(=O)n6C5(C(=O)Nc6ccc(C(F)(F)F)cc6Cl)CCC5)C4)cc3C2=O)C(=O)N1. The summed E-state index contributed by atoms with van der Waals surface area (Å²) in [4.78, 5) is 79.7. The zero-order valence-electron chi connectivity index (χ0n) is 27.5. The monoisotopic (exact) mass is 761 g/mol. The highest BCUT2D eigenvalue weighted by Gasteiger charge is 2.48. The van der Waals surface area contributed by atoms with Crippen molar-refractivity contribution in [2.45, 2.75) is 49.9 Å². The highest BCUT2D eigenvalue weighted by atomic mass is 35.5. The fourth-order valence-corrected chi connectivity index (χ4v) is 8.45. The second kappa shape index (κ2) is 12.6. The minimum Gasteiger partial charge on any atom is -0.369 e. The first kappa shape index (κ1) is 34.6. The van der Waals surface area contributed by atoms with Crippen molar-refractivity contribution in [3.05, 3.63) is 91.5 Å². The maximum Gasteiger partial charge on any atom is 0.416 e. The molecular weight excluding hydrogens is 735 g/mol. The molecule has 4 aliphatic rings. The smallest absolute Gasteiger partial charge is 0.369 e. The number of imide groups is 2. The molecule has 3 aromatic carbocycles. The predicted octanol–water partition coefficient (Wildman–Crippen LogP) is 5.14. The summed E-state index contributed by atoms with van der Waals surface area (Å²) in [6, 6.07) is 11.9. The number of rotatable bonds is 5. The number of nitrogens with zero attached hydrogens (tertiary/aromatic N) is 3. The van der Waals surface area contributed by atoms with Gasteiger partial charge in [-0.15, -0.1) is 0 Å². The maximum atomic E-state index is 13.6. The number of carbonyl (C=O) groups excluding carboxylic acids is 5. The molecule has 0 bridgehead atoms. The molecule has 11 nitrogen and oxygen atoms in total. The summed E-state index contributed by atoms with van der Waals surface area (Å²) in [6.07, 6.45) is -3.05. The Hall–Kier alpha value is -5.46. The van der Waals surface area contributed by atoms with Gasteiger partial charge >= 0.3 is 11.0 Å². The van der Waals surface area contributed by atoms with Gasteiger partial charge in [-0.1, -0.05) is 34.8 Å². The fraction of sp³-hybridized carbons (Fsp3) is 0.297. The van der Waals surface area contributed by atoms with Crippen molar-refractivity contribution >= 4 is 74.1 Å². The van der Waals surface area contributed by atoms with Gasteiger partial charge in [-0.3, -0.25) is 43.6 Å². The molecular formula is C37H27ClF3N5O6S. The zero-order chi connectivity index (χ0) is 37.4. The minimum atomic E-state index is -4.59. The molecule has 3 aliphatic heterocycles. The average Bonchev–Trinajstić information content (AvgIpc) is 3.52. The number of anilines is 2. The Morgan fingerprint density at radius 1 is 0.962 bits per heavy atom. The number of hydrogen-bond donors (Lipinski definition) is 2. The van der Waals surface area contributed by atoms with Gasteiger partial charge in [0.15, 0.2) is 0 Å². The van der Waals surface area contributed by atoms with E-state index in [0.29, 0.717) is 48.1 Å². The molecule has 270 valence electrons. The van der Waals surface area contributed by atoms with Crippen LogP contribution in [0, 0.1) is 17.8 Å². The molecule has 1 aromatic heterocycles. The van der Waals surface area contributed by atoms with Crippen LogP contribution in [-0.4, -0.2) is 58.1 Å². The summed E-state index contributed by atoms with van der Waals surface area (Å²) < 4.78 is 41.4. The van der Waals surface area contributed by atoms with Gasteiger partial charge in [-0.05, 0) is 80.3 Å². The normalized spacial score (nSPS) is 19.7. The van der Waals surface area contributed by atoms with Crippen LogP contribution in [0.2, 0.25) is 5.02 Å². The first-order valence-corrected chi connectivity index (χ1v) is 17.9. The number of thiazole rings is 1. The molecule has 16 heteroatoms. The quantitative estimate of drug-likeness (QED) is 0.212. The van der Waals surface area contributed by atoms with Gasteiger partial charge in [0.25, 0.3) is 17.7 Å². The van der Waals surface area contributed by atoms with E-state index in [2.05, 4.69) is 22.5 Å². The van der Waals surface area contributed by atoms with E-state index in [1.807, 2.05) is 4.90 Å². The van der Waals surface area contributed by atoms with E-state index in [4.69, 9.17) is 11.6 Å². The number of carbonyl (C=O) groups is 5. The van der Waals surface area contributed by atoms with E-state index >= 15 is 0 Å². The number of nitrogens with one attached hydrogen (secondary N) is 2. The van der Waals surface area contributed by atoms with E-state index in [9.17, 15) is 41.9 Å². The molecule has 2 N–H and O–H groups in total. The van der Waals surface area contributed by atoms with Crippen molar-refractivity contribution in [3.8, 4) is 11.8 Å². The molecule has 2 saturated heterocycles. The van der Waals surface area contributed by atoms with Crippen molar-refractivity contribution in [1.82, 2.24) is 14.8 Å². The van der Waals surface area contributed by atoms with Crippen LogP contribution in [0.25, 0.3) is 10.2 Å². The lowest BCUT2D eigenvalue weighted by Crippen LogP contribution is -2.54. The maximum absolute atomic E-state index is 13.6. The van der Waals surface area contributed by atoms with E-state index in [0.717, 1.165) is 40.1 Å². The third kappa shape index (κ3) is 5.86. The Balaban J connectivity index is 0.947. The summed E-state index contributed by atoms with van der Waals surface area (Å²) in [5.74, 6) is 3.64. The van der Waals surface area contributed by atoms with Gasteiger partial charge in [0.1, 0.15) is 11.6 Å². The van der Waals surface area contributed by atoms with Gasteiger partial charge < -0.3 is 10.2 Å². The van der Waals surface area contributed by atoms with Crippen LogP contribution < -0.4 is 20.4 Å². The molecule has 0 spiro atoms. The average molecular weight is 762 g/mol. The Bertz CT molecular complexity index is 2420. The lowest BCUT2D eigenvalue weighted by molar-refractivity contribution is -0.138. The zero-order valence-corrected chi connectivity index (χ0v) is 29.1. The molecule has 1 unspecified atom stereocenters. The molecule has 4 heterocycles. The van der Waals surface area contributed by atoms with Crippen molar-refractivity contribution in [3.63, 3.8) is 0 Å². The number of halogens is 4. The first-order valence-electron chi connectivity index (χ1n) is 16.7. The lowest BCUT2D eigenvalue weighted by atomic mass is 9.75. The molecule has 3 fully saturated rings. The summed E-state index contributed by atoms with van der Waals surface area (Å²) in [5, 5.41) is 4.57. The third-order valence-electron chi connectivity index (χ3n) is 10.2. The first-order chi connectivity index (χ1) is 25.2. The lowest BCUT2D eigenvalue weighted by Gasteiger charge is -2.41. The van der Waals surface area contributed by atoms with Gasteiger partial charge in [-0.25, -0.2) is 0 Å². The minimum absolute atomic E-state index is 0.00133. The Morgan fingerprint density at radius 2 is 1.72 bits per heavy atom.